The van der Waals surface area contributed by atoms with Crippen LogP contribution in [0.3, 0.4) is 0 Å². The topological polar surface area (TPSA) is 103 Å². The summed E-state index contributed by atoms with van der Waals surface area (Å²) in [7, 11) is -3.89. The average Bonchev–Trinajstić information content (AvgIpc) is 2.19. The van der Waals surface area contributed by atoms with Gasteiger partial charge >= 0.3 is 0 Å². The minimum atomic E-state index is -3.89. The molecule has 0 unspecified atom stereocenters. The van der Waals surface area contributed by atoms with Gasteiger partial charge in [0.2, 0.25) is 10.0 Å². The van der Waals surface area contributed by atoms with E-state index in [-0.39, 0.29) is 16.1 Å². The van der Waals surface area contributed by atoms with E-state index in [1.807, 2.05) is 13.8 Å². The standard InChI is InChI=1S/C7H8N2O4S.C2H6/c1-5-6(9(10)11)3-2-4-7(5)14(8,12)13;1-2/h2-4H,1H3,(H2,8,12,13);1-2H3. The SMILES string of the molecule is CC.Cc1c([N+](=O)[O-])cccc1S(N)(=O)=O. The number of primary sulfonamides is 1. The number of benzene rings is 1. The number of nitro benzene ring substituents is 1. The Morgan fingerprint density at radius 2 is 1.81 bits per heavy atom. The Bertz CT molecular complexity index is 482. The summed E-state index contributed by atoms with van der Waals surface area (Å²) in [5.41, 5.74) is -0.198. The van der Waals surface area contributed by atoms with Gasteiger partial charge in [0, 0.05) is 11.6 Å². The molecule has 0 aliphatic heterocycles. The highest BCUT2D eigenvalue weighted by molar-refractivity contribution is 7.89. The summed E-state index contributed by atoms with van der Waals surface area (Å²) in [4.78, 5) is 9.61. The van der Waals surface area contributed by atoms with Crippen molar-refractivity contribution in [1.82, 2.24) is 0 Å². The van der Waals surface area contributed by atoms with Crippen molar-refractivity contribution in [2.45, 2.75) is 25.7 Å². The summed E-state index contributed by atoms with van der Waals surface area (Å²) >= 11 is 0. The first-order valence-corrected chi connectivity index (χ1v) is 6.15. The van der Waals surface area contributed by atoms with Crippen LogP contribution >= 0.6 is 0 Å². The Hall–Kier alpha value is -1.47. The highest BCUT2D eigenvalue weighted by Crippen LogP contribution is 2.23. The molecule has 6 nitrogen and oxygen atoms in total. The Morgan fingerprint density at radius 3 is 2.19 bits per heavy atom. The predicted octanol–water partition coefficient (Wildman–Crippen LogP) is 1.58. The molecule has 90 valence electrons. The molecule has 0 aromatic heterocycles. The van der Waals surface area contributed by atoms with Gasteiger partial charge in [0.15, 0.2) is 0 Å². The van der Waals surface area contributed by atoms with Gasteiger partial charge in [0.25, 0.3) is 5.69 Å². The molecule has 16 heavy (non-hydrogen) atoms. The fourth-order valence-electron chi connectivity index (χ4n) is 1.11. The Kier molecular flexibility index (Phi) is 5.06. The summed E-state index contributed by atoms with van der Waals surface area (Å²) in [6.45, 7) is 5.35. The summed E-state index contributed by atoms with van der Waals surface area (Å²) in [6, 6.07) is 3.74. The summed E-state index contributed by atoms with van der Waals surface area (Å²) in [5, 5.41) is 15.3. The molecule has 0 radical (unpaired) electrons. The maximum atomic E-state index is 11.0. The van der Waals surface area contributed by atoms with Gasteiger partial charge in [-0.3, -0.25) is 10.1 Å². The van der Waals surface area contributed by atoms with Gasteiger partial charge in [0.05, 0.1) is 9.82 Å². The molecule has 1 aromatic rings. The Balaban J connectivity index is 0.00000106. The molecular weight excluding hydrogens is 232 g/mol. The van der Waals surface area contributed by atoms with Gasteiger partial charge in [0.1, 0.15) is 0 Å². The van der Waals surface area contributed by atoms with E-state index < -0.39 is 14.9 Å². The van der Waals surface area contributed by atoms with Gasteiger partial charge in [-0.2, -0.15) is 0 Å². The normalized spacial score (nSPS) is 10.2. The number of hydrogen-bond acceptors (Lipinski definition) is 4. The van der Waals surface area contributed by atoms with Crippen LogP contribution in [0.4, 0.5) is 5.69 Å². The van der Waals surface area contributed by atoms with E-state index in [0.29, 0.717) is 0 Å². The van der Waals surface area contributed by atoms with Crippen LogP contribution in [0.25, 0.3) is 0 Å². The second-order valence-electron chi connectivity index (χ2n) is 2.70. The van der Waals surface area contributed by atoms with Crippen molar-refractivity contribution in [2.75, 3.05) is 0 Å². The fourth-order valence-corrected chi connectivity index (χ4v) is 1.91. The van der Waals surface area contributed by atoms with E-state index in [4.69, 9.17) is 5.14 Å². The van der Waals surface area contributed by atoms with Gasteiger partial charge in [-0.25, -0.2) is 13.6 Å². The van der Waals surface area contributed by atoms with Crippen LogP contribution in [0, 0.1) is 17.0 Å². The molecule has 7 heteroatoms. The maximum absolute atomic E-state index is 11.0. The van der Waals surface area contributed by atoms with Gasteiger partial charge < -0.3 is 0 Å². The molecule has 0 saturated heterocycles. The first-order valence-electron chi connectivity index (χ1n) is 4.61. The van der Waals surface area contributed by atoms with Crippen LogP contribution in [0.15, 0.2) is 23.1 Å². The number of rotatable bonds is 2. The predicted molar refractivity (Wildman–Crippen MR) is 60.6 cm³/mol. The highest BCUT2D eigenvalue weighted by atomic mass is 32.2. The zero-order valence-electron chi connectivity index (χ0n) is 9.30. The molecule has 1 rings (SSSR count). The van der Waals surface area contributed by atoms with Crippen molar-refractivity contribution in [3.05, 3.63) is 33.9 Å². The number of nitro groups is 1. The van der Waals surface area contributed by atoms with Crippen molar-refractivity contribution in [3.8, 4) is 0 Å². The molecule has 0 spiro atoms. The van der Waals surface area contributed by atoms with E-state index in [1.54, 1.807) is 0 Å². The van der Waals surface area contributed by atoms with Crippen LogP contribution in [-0.4, -0.2) is 13.3 Å². The quantitative estimate of drug-likeness (QED) is 0.631. The van der Waals surface area contributed by atoms with Crippen molar-refractivity contribution < 1.29 is 13.3 Å². The molecule has 0 aliphatic rings. The number of hydrogen-bond donors (Lipinski definition) is 1. The third-order valence-electron chi connectivity index (χ3n) is 1.76. The molecule has 0 atom stereocenters. The largest absolute Gasteiger partial charge is 0.273 e. The minimum absolute atomic E-state index is 0.0556. The van der Waals surface area contributed by atoms with E-state index in [0.717, 1.165) is 0 Å². The summed E-state index contributed by atoms with van der Waals surface area (Å²) in [6.07, 6.45) is 0. The molecule has 0 saturated carbocycles. The Labute approximate surface area is 94.3 Å². The number of sulfonamides is 1. The van der Waals surface area contributed by atoms with E-state index in [1.165, 1.54) is 25.1 Å². The minimum Gasteiger partial charge on any atom is -0.258 e. The summed E-state index contributed by atoms with van der Waals surface area (Å²) < 4.78 is 22.0. The number of nitrogens with two attached hydrogens (primary N) is 1. The molecule has 0 amide bonds. The van der Waals surface area contributed by atoms with Crippen molar-refractivity contribution in [1.29, 1.82) is 0 Å². The average molecular weight is 246 g/mol. The molecule has 0 fully saturated rings. The van der Waals surface area contributed by atoms with Gasteiger partial charge in [-0.15, -0.1) is 0 Å². The van der Waals surface area contributed by atoms with Crippen LogP contribution in [0.2, 0.25) is 0 Å². The Morgan fingerprint density at radius 1 is 1.31 bits per heavy atom. The van der Waals surface area contributed by atoms with E-state index in [9.17, 15) is 18.5 Å². The first-order chi connectivity index (χ1) is 7.34. The molecular formula is C9H14N2O4S. The lowest BCUT2D eigenvalue weighted by Gasteiger charge is -2.02. The van der Waals surface area contributed by atoms with Crippen molar-refractivity contribution >= 4 is 15.7 Å². The van der Waals surface area contributed by atoms with Crippen LogP contribution in [-0.2, 0) is 10.0 Å². The van der Waals surface area contributed by atoms with Crippen molar-refractivity contribution in [2.24, 2.45) is 5.14 Å². The third-order valence-corrected chi connectivity index (χ3v) is 2.81. The van der Waals surface area contributed by atoms with E-state index >= 15 is 0 Å². The van der Waals surface area contributed by atoms with E-state index in [2.05, 4.69) is 0 Å². The monoisotopic (exact) mass is 246 g/mol. The van der Waals surface area contributed by atoms with Crippen LogP contribution in [0.1, 0.15) is 19.4 Å². The zero-order chi connectivity index (χ0) is 12.9. The fraction of sp³-hybridized carbons (Fsp3) is 0.333. The molecule has 1 aromatic carbocycles. The lowest BCUT2D eigenvalue weighted by molar-refractivity contribution is -0.385. The highest BCUT2D eigenvalue weighted by Gasteiger charge is 2.19. The smallest absolute Gasteiger partial charge is 0.258 e. The zero-order valence-corrected chi connectivity index (χ0v) is 10.1. The second kappa shape index (κ2) is 5.57. The molecule has 0 heterocycles. The first kappa shape index (κ1) is 14.5. The number of nitrogens with zero attached hydrogens (tertiary/aromatic N) is 1. The van der Waals surface area contributed by atoms with Gasteiger partial charge in [-0.1, -0.05) is 19.9 Å². The van der Waals surface area contributed by atoms with Crippen LogP contribution < -0.4 is 5.14 Å². The lowest BCUT2D eigenvalue weighted by Crippen LogP contribution is -2.14. The van der Waals surface area contributed by atoms with Crippen molar-refractivity contribution in [3.63, 3.8) is 0 Å². The second-order valence-corrected chi connectivity index (χ2v) is 4.23. The molecule has 2 N–H and O–H groups in total. The maximum Gasteiger partial charge on any atom is 0.273 e. The lowest BCUT2D eigenvalue weighted by atomic mass is 10.2. The molecule has 0 bridgehead atoms. The summed E-state index contributed by atoms with van der Waals surface area (Å²) in [5.74, 6) is 0. The van der Waals surface area contributed by atoms with Crippen LogP contribution in [0.5, 0.6) is 0 Å². The molecule has 0 aliphatic carbocycles. The van der Waals surface area contributed by atoms with Gasteiger partial charge in [-0.05, 0) is 13.0 Å². The third kappa shape index (κ3) is 3.28.